The Morgan fingerprint density at radius 3 is 2.56 bits per heavy atom. The van der Waals surface area contributed by atoms with Crippen molar-refractivity contribution in [2.24, 2.45) is 0 Å². The summed E-state index contributed by atoms with van der Waals surface area (Å²) in [5.41, 5.74) is 3.39. The molecule has 1 saturated carbocycles. The standard InChI is InChI=1S/C19H25N3O2S/c1-4-21-18(24)16(17(23)20-19(21)25)11-14-10-12(2)22(13(14)3)15-8-6-5-7-9-15/h10-11,15H,4-9H2,1-3H3,(H,20,23,25). The van der Waals surface area contributed by atoms with Crippen molar-refractivity contribution >= 4 is 35.2 Å². The Hall–Kier alpha value is -1.95. The molecule has 2 aliphatic rings. The third-order valence-corrected chi connectivity index (χ3v) is 5.59. The molecule has 2 amide bonds. The summed E-state index contributed by atoms with van der Waals surface area (Å²) < 4.78 is 2.37. The quantitative estimate of drug-likeness (QED) is 0.512. The van der Waals surface area contributed by atoms with Crippen molar-refractivity contribution in [3.05, 3.63) is 28.6 Å². The van der Waals surface area contributed by atoms with E-state index < -0.39 is 5.91 Å². The van der Waals surface area contributed by atoms with Crippen LogP contribution in [0.25, 0.3) is 6.08 Å². The molecule has 2 fully saturated rings. The fourth-order valence-electron chi connectivity index (χ4n) is 3.99. The molecule has 134 valence electrons. The van der Waals surface area contributed by atoms with E-state index in [1.54, 1.807) is 6.08 Å². The molecule has 5 nitrogen and oxygen atoms in total. The summed E-state index contributed by atoms with van der Waals surface area (Å²) in [6.45, 7) is 6.45. The minimum absolute atomic E-state index is 0.152. The van der Waals surface area contributed by atoms with E-state index in [0.29, 0.717) is 12.6 Å². The second-order valence-corrected chi connectivity index (χ2v) is 7.24. The maximum Gasteiger partial charge on any atom is 0.265 e. The van der Waals surface area contributed by atoms with Gasteiger partial charge in [-0.2, -0.15) is 0 Å². The van der Waals surface area contributed by atoms with Crippen LogP contribution in [0.3, 0.4) is 0 Å². The van der Waals surface area contributed by atoms with E-state index >= 15 is 0 Å². The van der Waals surface area contributed by atoms with Crippen molar-refractivity contribution in [3.63, 3.8) is 0 Å². The summed E-state index contributed by atoms with van der Waals surface area (Å²) in [6.07, 6.45) is 7.95. The van der Waals surface area contributed by atoms with Gasteiger partial charge >= 0.3 is 0 Å². The van der Waals surface area contributed by atoms with Gasteiger partial charge in [0.1, 0.15) is 5.57 Å². The lowest BCUT2D eigenvalue weighted by atomic mass is 9.95. The van der Waals surface area contributed by atoms with Gasteiger partial charge in [0.25, 0.3) is 11.8 Å². The number of thiocarbonyl (C=S) groups is 1. The highest BCUT2D eigenvalue weighted by Gasteiger charge is 2.32. The number of carbonyl (C=O) groups excluding carboxylic acids is 2. The minimum atomic E-state index is -0.415. The third-order valence-electron chi connectivity index (χ3n) is 5.27. The zero-order chi connectivity index (χ0) is 18.1. The summed E-state index contributed by atoms with van der Waals surface area (Å²) in [4.78, 5) is 26.3. The summed E-state index contributed by atoms with van der Waals surface area (Å²) >= 11 is 5.08. The zero-order valence-corrected chi connectivity index (χ0v) is 15.9. The first-order chi connectivity index (χ1) is 11.9. The van der Waals surface area contributed by atoms with Gasteiger partial charge in [-0.3, -0.25) is 19.8 Å². The van der Waals surface area contributed by atoms with E-state index in [-0.39, 0.29) is 16.6 Å². The molecule has 1 N–H and O–H groups in total. The third kappa shape index (κ3) is 3.27. The average Bonchev–Trinajstić information content (AvgIpc) is 2.86. The SMILES string of the molecule is CCN1C(=O)C(=Cc2cc(C)n(C3CCCCC3)c2C)C(=O)NC1=S. The lowest BCUT2D eigenvalue weighted by molar-refractivity contribution is -0.128. The molecule has 1 aliphatic heterocycles. The van der Waals surface area contributed by atoms with Gasteiger partial charge in [-0.15, -0.1) is 0 Å². The number of nitrogens with zero attached hydrogens (tertiary/aromatic N) is 2. The van der Waals surface area contributed by atoms with Crippen molar-refractivity contribution < 1.29 is 9.59 Å². The number of amides is 2. The molecule has 1 aromatic heterocycles. The van der Waals surface area contributed by atoms with Crippen LogP contribution in [0.5, 0.6) is 0 Å². The lowest BCUT2D eigenvalue weighted by Gasteiger charge is -2.28. The molecular weight excluding hydrogens is 334 g/mol. The number of likely N-dealkylation sites (N-methyl/N-ethyl adjacent to an activating group) is 1. The van der Waals surface area contributed by atoms with E-state index in [9.17, 15) is 9.59 Å². The van der Waals surface area contributed by atoms with Crippen LogP contribution in [0.4, 0.5) is 0 Å². The first-order valence-corrected chi connectivity index (χ1v) is 9.42. The van der Waals surface area contributed by atoms with Gasteiger partial charge < -0.3 is 4.57 Å². The highest BCUT2D eigenvalue weighted by molar-refractivity contribution is 7.80. The second-order valence-electron chi connectivity index (χ2n) is 6.86. The topological polar surface area (TPSA) is 54.3 Å². The molecule has 1 aromatic rings. The molecule has 0 atom stereocenters. The van der Waals surface area contributed by atoms with Crippen molar-refractivity contribution in [2.75, 3.05) is 6.54 Å². The van der Waals surface area contributed by atoms with Gasteiger partial charge in [-0.25, -0.2) is 0 Å². The van der Waals surface area contributed by atoms with Gasteiger partial charge in [0.2, 0.25) is 0 Å². The van der Waals surface area contributed by atoms with Gasteiger partial charge in [-0.1, -0.05) is 19.3 Å². The van der Waals surface area contributed by atoms with Gasteiger partial charge in [-0.05, 0) is 63.5 Å². The number of hydrogen-bond donors (Lipinski definition) is 1. The van der Waals surface area contributed by atoms with Gasteiger partial charge in [0, 0.05) is 24.0 Å². The first kappa shape index (κ1) is 17.9. The lowest BCUT2D eigenvalue weighted by Crippen LogP contribution is -2.53. The molecule has 0 unspecified atom stereocenters. The number of carbonyl (C=O) groups is 2. The monoisotopic (exact) mass is 359 g/mol. The highest BCUT2D eigenvalue weighted by Crippen LogP contribution is 2.33. The van der Waals surface area contributed by atoms with E-state index in [0.717, 1.165) is 11.3 Å². The predicted molar refractivity (Wildman–Crippen MR) is 102 cm³/mol. The average molecular weight is 359 g/mol. The number of aromatic nitrogens is 1. The molecule has 0 aromatic carbocycles. The van der Waals surface area contributed by atoms with Crippen LogP contribution in [-0.4, -0.2) is 32.9 Å². The van der Waals surface area contributed by atoms with Crippen LogP contribution in [0.2, 0.25) is 0 Å². The fourth-order valence-corrected chi connectivity index (χ4v) is 4.29. The molecule has 2 heterocycles. The maximum absolute atomic E-state index is 12.6. The Morgan fingerprint density at radius 1 is 1.24 bits per heavy atom. The summed E-state index contributed by atoms with van der Waals surface area (Å²) in [7, 11) is 0. The first-order valence-electron chi connectivity index (χ1n) is 9.01. The van der Waals surface area contributed by atoms with Crippen LogP contribution < -0.4 is 5.32 Å². The molecule has 25 heavy (non-hydrogen) atoms. The van der Waals surface area contributed by atoms with Crippen LogP contribution in [-0.2, 0) is 9.59 Å². The van der Waals surface area contributed by atoms with E-state index in [1.807, 2.05) is 6.92 Å². The molecule has 3 rings (SSSR count). The smallest absolute Gasteiger partial charge is 0.265 e. The van der Waals surface area contributed by atoms with Crippen LogP contribution in [0.15, 0.2) is 11.6 Å². The second kappa shape index (κ2) is 7.12. The van der Waals surface area contributed by atoms with Crippen molar-refractivity contribution in [1.29, 1.82) is 0 Å². The van der Waals surface area contributed by atoms with Crippen LogP contribution >= 0.6 is 12.2 Å². The van der Waals surface area contributed by atoms with Crippen LogP contribution in [0, 0.1) is 13.8 Å². The zero-order valence-electron chi connectivity index (χ0n) is 15.1. The minimum Gasteiger partial charge on any atom is -0.346 e. The van der Waals surface area contributed by atoms with Crippen molar-refractivity contribution in [3.8, 4) is 0 Å². The summed E-state index contributed by atoms with van der Waals surface area (Å²) in [5, 5.41) is 2.79. The van der Waals surface area contributed by atoms with Gasteiger partial charge in [0.15, 0.2) is 5.11 Å². The molecule has 0 radical (unpaired) electrons. The molecule has 0 spiro atoms. The van der Waals surface area contributed by atoms with Crippen molar-refractivity contribution in [1.82, 2.24) is 14.8 Å². The van der Waals surface area contributed by atoms with E-state index in [2.05, 4.69) is 29.8 Å². The Kier molecular flexibility index (Phi) is 5.08. The summed E-state index contributed by atoms with van der Waals surface area (Å²) in [5.74, 6) is -0.735. The maximum atomic E-state index is 12.6. The molecule has 1 aliphatic carbocycles. The molecular formula is C19H25N3O2S. The number of nitrogens with one attached hydrogen (secondary N) is 1. The number of rotatable bonds is 3. The normalized spacial score (nSPS) is 21.2. The Bertz CT molecular complexity index is 757. The van der Waals surface area contributed by atoms with Crippen molar-refractivity contribution in [2.45, 2.75) is 58.9 Å². The Morgan fingerprint density at radius 2 is 1.92 bits per heavy atom. The Balaban J connectivity index is 1.96. The predicted octanol–water partition coefficient (Wildman–Crippen LogP) is 3.26. The van der Waals surface area contributed by atoms with E-state index in [4.69, 9.17) is 12.2 Å². The van der Waals surface area contributed by atoms with Crippen LogP contribution in [0.1, 0.15) is 62.0 Å². The molecule has 1 saturated heterocycles. The Labute approximate surface area is 154 Å². The largest absolute Gasteiger partial charge is 0.346 e. The van der Waals surface area contributed by atoms with E-state index in [1.165, 1.54) is 42.7 Å². The highest BCUT2D eigenvalue weighted by atomic mass is 32.1. The molecule has 0 bridgehead atoms. The molecule has 6 heteroatoms. The summed E-state index contributed by atoms with van der Waals surface area (Å²) in [6, 6.07) is 2.59. The number of aryl methyl sites for hydroxylation is 1. The fraction of sp³-hybridized carbons (Fsp3) is 0.526. The van der Waals surface area contributed by atoms with Gasteiger partial charge in [0.05, 0.1) is 0 Å². The number of hydrogen-bond acceptors (Lipinski definition) is 3.